The second-order valence-electron chi connectivity index (χ2n) is 6.52. The minimum atomic E-state index is -4.64. The first-order valence-corrected chi connectivity index (χ1v) is 10.7. The van der Waals surface area contributed by atoms with Crippen molar-refractivity contribution in [3.8, 4) is 11.8 Å². The second-order valence-corrected chi connectivity index (χ2v) is 7.52. The molecule has 0 atom stereocenters. The Hall–Kier alpha value is -4.23. The Morgan fingerprint density at radius 3 is 2.69 bits per heavy atom. The van der Waals surface area contributed by atoms with Gasteiger partial charge in [-0.05, 0) is 19.1 Å². The zero-order valence-corrected chi connectivity index (χ0v) is 19.3. The van der Waals surface area contributed by atoms with E-state index in [1.807, 2.05) is 0 Å². The predicted molar refractivity (Wildman–Crippen MR) is 121 cm³/mol. The number of nitrogens with one attached hydrogen (secondary N) is 2. The molecule has 0 saturated heterocycles. The topological polar surface area (TPSA) is 122 Å². The fourth-order valence-corrected chi connectivity index (χ4v) is 3.44. The standard InChI is InChI=1S/C22H19F3N4O5S/c1-3-29-18(9-14(11-26)20(31)28-13-22(23,24)25)35-17(21(29)32)7-8-27-15-5-4-6-16(10-15)34-12-19(30)33-2/h4-6,8,10,27H,3,12-13H2,1-2H3,(H,28,31). The Kier molecular flexibility index (Phi) is 9.49. The second kappa shape index (κ2) is 12.3. The number of methoxy groups -OCH3 is 1. The van der Waals surface area contributed by atoms with Crippen molar-refractivity contribution in [2.75, 3.05) is 25.6 Å². The molecule has 0 radical (unpaired) electrons. The summed E-state index contributed by atoms with van der Waals surface area (Å²) in [7, 11) is 1.24. The highest BCUT2D eigenvalue weighted by molar-refractivity contribution is 7.07. The van der Waals surface area contributed by atoms with Crippen LogP contribution >= 0.6 is 11.3 Å². The number of esters is 1. The van der Waals surface area contributed by atoms with Gasteiger partial charge in [-0.2, -0.15) is 18.4 Å². The Bertz CT molecular complexity index is 1390. The molecule has 0 fully saturated rings. The molecule has 13 heteroatoms. The van der Waals surface area contributed by atoms with E-state index < -0.39 is 35.7 Å². The highest BCUT2D eigenvalue weighted by atomic mass is 32.1. The van der Waals surface area contributed by atoms with E-state index >= 15 is 0 Å². The zero-order chi connectivity index (χ0) is 26.0. The Labute approximate surface area is 200 Å². The number of benzene rings is 1. The smallest absolute Gasteiger partial charge is 0.405 e. The molecule has 0 bridgehead atoms. The lowest BCUT2D eigenvalue weighted by Crippen LogP contribution is -2.34. The number of rotatable bonds is 8. The number of thiazole rings is 1. The van der Waals surface area contributed by atoms with E-state index in [4.69, 9.17) is 10.00 Å². The highest BCUT2D eigenvalue weighted by Crippen LogP contribution is 2.17. The number of halogens is 3. The first-order valence-electron chi connectivity index (χ1n) is 9.85. The number of alkyl halides is 3. The summed E-state index contributed by atoms with van der Waals surface area (Å²) in [5.41, 5.74) is 4.55. The normalized spacial score (nSPS) is 10.3. The summed E-state index contributed by atoms with van der Waals surface area (Å²) in [4.78, 5) is 35.7. The first kappa shape index (κ1) is 27.0. The van der Waals surface area contributed by atoms with Gasteiger partial charge in [-0.1, -0.05) is 28.9 Å². The van der Waals surface area contributed by atoms with Gasteiger partial charge in [-0.3, -0.25) is 14.2 Å². The van der Waals surface area contributed by atoms with Crippen LogP contribution in [0.2, 0.25) is 0 Å². The van der Waals surface area contributed by atoms with Crippen molar-refractivity contribution in [1.29, 1.82) is 5.26 Å². The molecule has 0 aliphatic rings. The third-order valence-corrected chi connectivity index (χ3v) is 5.09. The summed E-state index contributed by atoms with van der Waals surface area (Å²) < 4.78 is 48.1. The number of nitriles is 1. The minimum absolute atomic E-state index is 0.0744. The molecule has 1 heterocycles. The molecule has 2 aromatic rings. The van der Waals surface area contributed by atoms with Crippen LogP contribution in [0.3, 0.4) is 0 Å². The SMILES string of the molecule is CCn1c(=C=C(C#N)C(=O)NCC(F)(F)F)sc(=C=CNc2cccc(OCC(=O)OC)c2)c1=O. The summed E-state index contributed by atoms with van der Waals surface area (Å²) in [5.74, 6) is -1.40. The van der Waals surface area contributed by atoms with Crippen LogP contribution in [0, 0.1) is 11.3 Å². The van der Waals surface area contributed by atoms with Crippen LogP contribution < -0.4 is 30.1 Å². The molecule has 1 amide bonds. The summed E-state index contributed by atoms with van der Waals surface area (Å²) in [6, 6.07) is 8.09. The van der Waals surface area contributed by atoms with Gasteiger partial charge in [0.1, 0.15) is 27.6 Å². The quantitative estimate of drug-likeness (QED) is 0.310. The molecule has 35 heavy (non-hydrogen) atoms. The van der Waals surface area contributed by atoms with Crippen LogP contribution in [0.25, 0.3) is 11.5 Å². The van der Waals surface area contributed by atoms with Gasteiger partial charge in [-0.15, -0.1) is 0 Å². The number of ether oxygens (including phenoxy) is 2. The molecule has 0 spiro atoms. The third kappa shape index (κ3) is 8.24. The lowest BCUT2D eigenvalue weighted by molar-refractivity contribution is -0.142. The van der Waals surface area contributed by atoms with Crippen molar-refractivity contribution in [1.82, 2.24) is 9.88 Å². The fourth-order valence-electron chi connectivity index (χ4n) is 2.45. The van der Waals surface area contributed by atoms with Crippen molar-refractivity contribution < 1.29 is 32.2 Å². The fraction of sp³-hybridized carbons (Fsp3) is 0.273. The Balaban J connectivity index is 2.38. The van der Waals surface area contributed by atoms with E-state index in [2.05, 4.69) is 21.5 Å². The number of aromatic nitrogens is 1. The molecule has 1 aromatic heterocycles. The molecular weight excluding hydrogens is 489 g/mol. The number of amides is 1. The zero-order valence-electron chi connectivity index (χ0n) is 18.5. The molecule has 184 valence electrons. The minimum Gasteiger partial charge on any atom is -0.482 e. The summed E-state index contributed by atoms with van der Waals surface area (Å²) in [6.07, 6.45) is -3.29. The first-order chi connectivity index (χ1) is 16.6. The van der Waals surface area contributed by atoms with E-state index in [9.17, 15) is 27.6 Å². The predicted octanol–water partition coefficient (Wildman–Crippen LogP) is 0.995. The van der Waals surface area contributed by atoms with Crippen molar-refractivity contribution in [2.24, 2.45) is 0 Å². The third-order valence-electron chi connectivity index (χ3n) is 4.08. The highest BCUT2D eigenvalue weighted by Gasteiger charge is 2.28. The average Bonchev–Trinajstić information content (AvgIpc) is 3.13. The Morgan fingerprint density at radius 2 is 2.06 bits per heavy atom. The van der Waals surface area contributed by atoms with Crippen molar-refractivity contribution >= 4 is 40.4 Å². The summed E-state index contributed by atoms with van der Waals surface area (Å²) >= 11 is 0.854. The molecule has 9 nitrogen and oxygen atoms in total. The maximum absolute atomic E-state index is 12.6. The van der Waals surface area contributed by atoms with Crippen LogP contribution in [0.4, 0.5) is 18.9 Å². The number of carbonyl (C=O) groups excluding carboxylic acids is 2. The van der Waals surface area contributed by atoms with E-state index in [1.165, 1.54) is 23.9 Å². The average molecular weight is 508 g/mol. The molecule has 0 saturated carbocycles. The van der Waals surface area contributed by atoms with Crippen LogP contribution in [-0.4, -0.2) is 42.9 Å². The lowest BCUT2D eigenvalue weighted by atomic mass is 10.3. The Morgan fingerprint density at radius 1 is 1.31 bits per heavy atom. The van der Waals surface area contributed by atoms with E-state index in [0.717, 1.165) is 11.3 Å². The van der Waals surface area contributed by atoms with Crippen LogP contribution in [0.1, 0.15) is 6.92 Å². The van der Waals surface area contributed by atoms with Gasteiger partial charge in [0, 0.05) is 24.5 Å². The molecule has 0 aliphatic carbocycles. The van der Waals surface area contributed by atoms with E-state index in [-0.39, 0.29) is 22.3 Å². The van der Waals surface area contributed by atoms with Gasteiger partial charge < -0.3 is 20.1 Å². The molecule has 0 unspecified atom stereocenters. The van der Waals surface area contributed by atoms with Crippen LogP contribution in [0.15, 0.2) is 40.8 Å². The number of anilines is 1. The lowest BCUT2D eigenvalue weighted by Gasteiger charge is -2.06. The molecule has 1 aromatic carbocycles. The molecular formula is C22H19F3N4O5S. The number of hydrogen-bond acceptors (Lipinski definition) is 8. The van der Waals surface area contributed by atoms with Crippen molar-refractivity contribution in [3.05, 3.63) is 55.6 Å². The number of carbonyl (C=O) groups is 2. The molecule has 0 aliphatic heterocycles. The maximum atomic E-state index is 12.6. The van der Waals surface area contributed by atoms with Gasteiger partial charge in [0.05, 0.1) is 7.11 Å². The number of nitrogens with zero attached hydrogens (tertiary/aromatic N) is 2. The largest absolute Gasteiger partial charge is 0.482 e. The van der Waals surface area contributed by atoms with Crippen molar-refractivity contribution in [3.63, 3.8) is 0 Å². The van der Waals surface area contributed by atoms with Crippen LogP contribution in [-0.2, 0) is 20.9 Å². The van der Waals surface area contributed by atoms with Gasteiger partial charge in [0.25, 0.3) is 11.5 Å². The molecule has 2 N–H and O–H groups in total. The molecule has 2 rings (SSSR count). The van der Waals surface area contributed by atoms with E-state index in [1.54, 1.807) is 36.5 Å². The van der Waals surface area contributed by atoms with Crippen LogP contribution in [0.5, 0.6) is 5.75 Å². The van der Waals surface area contributed by atoms with Gasteiger partial charge >= 0.3 is 12.1 Å². The summed E-state index contributed by atoms with van der Waals surface area (Å²) in [6.45, 7) is -0.0681. The van der Waals surface area contributed by atoms with Crippen molar-refractivity contribution in [2.45, 2.75) is 19.6 Å². The van der Waals surface area contributed by atoms with Gasteiger partial charge in [-0.25, -0.2) is 4.79 Å². The summed E-state index contributed by atoms with van der Waals surface area (Å²) in [5, 5.41) is 13.6. The maximum Gasteiger partial charge on any atom is 0.405 e. The monoisotopic (exact) mass is 508 g/mol. The van der Waals surface area contributed by atoms with Gasteiger partial charge in [0.2, 0.25) is 0 Å². The van der Waals surface area contributed by atoms with E-state index in [0.29, 0.717) is 11.4 Å². The van der Waals surface area contributed by atoms with Gasteiger partial charge in [0.15, 0.2) is 12.2 Å². The number of hydrogen-bond donors (Lipinski definition) is 2.